The highest BCUT2D eigenvalue weighted by atomic mass is 35.5. The molecule has 1 aliphatic carbocycles. The molecule has 0 radical (unpaired) electrons. The highest BCUT2D eigenvalue weighted by Crippen LogP contribution is 2.58. The monoisotopic (exact) mass is 436 g/mol. The van der Waals surface area contributed by atoms with Crippen LogP contribution in [0.15, 0.2) is 29.2 Å². The second kappa shape index (κ2) is 6.72. The molecule has 3 heterocycles. The van der Waals surface area contributed by atoms with Crippen LogP contribution in [0.2, 0.25) is 5.02 Å². The van der Waals surface area contributed by atoms with Crippen LogP contribution in [-0.2, 0) is 4.74 Å². The van der Waals surface area contributed by atoms with Crippen molar-refractivity contribution in [1.82, 2.24) is 4.68 Å². The first-order valence-electron chi connectivity index (χ1n) is 10.7. The third-order valence-electron chi connectivity index (χ3n) is 6.92. The summed E-state index contributed by atoms with van der Waals surface area (Å²) in [6.07, 6.45) is 6.10. The van der Waals surface area contributed by atoms with E-state index in [1.54, 1.807) is 19.4 Å². The van der Waals surface area contributed by atoms with Crippen LogP contribution >= 0.6 is 11.6 Å². The Kier molecular flexibility index (Phi) is 4.41. The summed E-state index contributed by atoms with van der Waals surface area (Å²) in [5.41, 5.74) is 3.14. The van der Waals surface area contributed by atoms with Crippen LogP contribution in [0.5, 0.6) is 0 Å². The number of carbonyl (C=O) groups excluding carboxylic acids is 1. The number of Topliss-reactive ketones (excluding diaryl/α,β-unsaturated/α-hetero) is 1. The number of benzene rings is 1. The van der Waals surface area contributed by atoms with Crippen molar-refractivity contribution in [1.29, 1.82) is 0 Å². The maximum absolute atomic E-state index is 12.7. The number of hydrogen-bond donors (Lipinski definition) is 0. The lowest BCUT2D eigenvalue weighted by Gasteiger charge is -2.41. The minimum Gasteiger partial charge on any atom is -0.366 e. The van der Waals surface area contributed by atoms with E-state index in [9.17, 15) is 9.59 Å². The molecule has 0 N–H and O–H groups in total. The van der Waals surface area contributed by atoms with Crippen molar-refractivity contribution in [3.63, 3.8) is 0 Å². The van der Waals surface area contributed by atoms with E-state index in [0.717, 1.165) is 48.1 Å². The van der Waals surface area contributed by atoms with E-state index < -0.39 is 5.60 Å². The number of halogens is 1. The van der Waals surface area contributed by atoms with Gasteiger partial charge in [-0.05, 0) is 64.2 Å². The van der Waals surface area contributed by atoms with E-state index in [-0.39, 0.29) is 28.4 Å². The van der Waals surface area contributed by atoms with Gasteiger partial charge in [0.15, 0.2) is 11.2 Å². The molecule has 31 heavy (non-hydrogen) atoms. The van der Waals surface area contributed by atoms with Gasteiger partial charge in [-0.3, -0.25) is 19.3 Å². The first-order valence-corrected chi connectivity index (χ1v) is 11.0. The van der Waals surface area contributed by atoms with Crippen LogP contribution in [0.3, 0.4) is 0 Å². The molecule has 0 unspecified atom stereocenters. The maximum Gasteiger partial charge on any atom is 0.193 e. The molecule has 160 valence electrons. The minimum atomic E-state index is -0.570. The Morgan fingerprint density at radius 3 is 2.65 bits per heavy atom. The summed E-state index contributed by atoms with van der Waals surface area (Å²) in [7, 11) is 1.64. The molecule has 1 spiro atoms. The lowest BCUT2D eigenvalue weighted by molar-refractivity contribution is 0.0741. The average Bonchev–Trinajstić information content (AvgIpc) is 3.40. The van der Waals surface area contributed by atoms with E-state index in [1.165, 1.54) is 6.92 Å². The summed E-state index contributed by atoms with van der Waals surface area (Å²) in [4.78, 5) is 24.8. The normalized spacial score (nSPS) is 19.9. The molecule has 1 aromatic heterocycles. The van der Waals surface area contributed by atoms with Gasteiger partial charge in [0.2, 0.25) is 0 Å². The third kappa shape index (κ3) is 3.12. The van der Waals surface area contributed by atoms with Gasteiger partial charge in [0.25, 0.3) is 0 Å². The topological polar surface area (TPSA) is 51.5 Å². The number of hydrogen-bond acceptors (Lipinski definition) is 4. The van der Waals surface area contributed by atoms with E-state index in [1.807, 2.05) is 24.6 Å². The number of methoxy groups -OCH3 is 1. The molecule has 1 saturated carbocycles. The van der Waals surface area contributed by atoms with Crippen LogP contribution in [0.1, 0.15) is 74.0 Å². The molecular formula is C25H25ClN2O3. The summed E-state index contributed by atoms with van der Waals surface area (Å²) in [5, 5.41) is 2.93. The van der Waals surface area contributed by atoms with Crippen LogP contribution in [-0.4, -0.2) is 28.7 Å². The van der Waals surface area contributed by atoms with E-state index in [0.29, 0.717) is 5.02 Å². The molecule has 3 aliphatic rings. The molecule has 2 aromatic rings. The largest absolute Gasteiger partial charge is 0.366 e. The smallest absolute Gasteiger partial charge is 0.193 e. The predicted molar refractivity (Wildman–Crippen MR) is 121 cm³/mol. The fraction of sp³-hybridized carbons (Fsp3) is 0.440. The zero-order valence-corrected chi connectivity index (χ0v) is 19.0. The lowest BCUT2D eigenvalue weighted by Crippen LogP contribution is -2.46. The van der Waals surface area contributed by atoms with Gasteiger partial charge in [-0.2, -0.15) is 0 Å². The van der Waals surface area contributed by atoms with Crippen molar-refractivity contribution < 1.29 is 9.53 Å². The zero-order chi connectivity index (χ0) is 22.1. The van der Waals surface area contributed by atoms with Crippen molar-refractivity contribution in [3.05, 3.63) is 56.3 Å². The Balaban J connectivity index is 1.73. The Labute approximate surface area is 186 Å². The molecule has 2 aliphatic heterocycles. The molecule has 5 rings (SSSR count). The summed E-state index contributed by atoms with van der Waals surface area (Å²) in [5.74, 6) is 6.13. The first-order chi connectivity index (χ1) is 14.7. The third-order valence-corrected chi connectivity index (χ3v) is 7.23. The second-order valence-electron chi connectivity index (χ2n) is 9.34. The molecule has 0 bridgehead atoms. The van der Waals surface area contributed by atoms with Gasteiger partial charge in [-0.15, -0.1) is 0 Å². The first kappa shape index (κ1) is 20.4. The number of rotatable bonds is 2. The summed E-state index contributed by atoms with van der Waals surface area (Å²) < 4.78 is 7.46. The van der Waals surface area contributed by atoms with Gasteiger partial charge in [-0.25, -0.2) is 0 Å². The molecule has 2 fully saturated rings. The number of aromatic nitrogens is 1. The Bertz CT molecular complexity index is 1240. The van der Waals surface area contributed by atoms with Crippen LogP contribution in [0, 0.1) is 11.8 Å². The predicted octanol–water partition coefficient (Wildman–Crippen LogP) is 4.47. The highest BCUT2D eigenvalue weighted by molar-refractivity contribution is 6.32. The summed E-state index contributed by atoms with van der Waals surface area (Å²) in [6.45, 7) is 5.27. The SMILES string of the molecule is COC(C)(C)C#Cc1cc2c(cc1Cl)-c1cc(=O)c(C(C)=O)cn1N1[C@@H]2CCC12CC2. The molecule has 1 saturated heterocycles. The van der Waals surface area contributed by atoms with E-state index in [4.69, 9.17) is 16.3 Å². The van der Waals surface area contributed by atoms with Crippen molar-refractivity contribution in [2.45, 2.75) is 63.6 Å². The molecule has 1 aromatic carbocycles. The van der Waals surface area contributed by atoms with Crippen LogP contribution in [0.4, 0.5) is 0 Å². The van der Waals surface area contributed by atoms with Crippen LogP contribution in [0.25, 0.3) is 11.3 Å². The minimum absolute atomic E-state index is 0.115. The standard InChI is InChI=1S/C25H25ClN2O3/c1-15(29)19-14-27-22(13-23(19)30)18-12-20(26)16(5-7-24(2,3)31-4)11-17(18)21-6-8-25(9-10-25)28(21)27/h11-14,21H,6,8-10H2,1-4H3/t21-/m1/s1. The van der Waals surface area contributed by atoms with Gasteiger partial charge in [0.05, 0.1) is 27.9 Å². The van der Waals surface area contributed by atoms with Gasteiger partial charge in [-0.1, -0.05) is 23.4 Å². The summed E-state index contributed by atoms with van der Waals surface area (Å²) >= 11 is 6.63. The second-order valence-corrected chi connectivity index (χ2v) is 9.75. The number of ketones is 1. The summed E-state index contributed by atoms with van der Waals surface area (Å²) in [6, 6.07) is 5.73. The average molecular weight is 437 g/mol. The van der Waals surface area contributed by atoms with Crippen molar-refractivity contribution in [2.75, 3.05) is 12.1 Å². The van der Waals surface area contributed by atoms with Gasteiger partial charge < -0.3 is 4.74 Å². The quantitative estimate of drug-likeness (QED) is 0.515. The Morgan fingerprint density at radius 2 is 2.00 bits per heavy atom. The van der Waals surface area contributed by atoms with Crippen LogP contribution < -0.4 is 10.4 Å². The molecule has 1 atom stereocenters. The molecular weight excluding hydrogens is 412 g/mol. The van der Waals surface area contributed by atoms with Gasteiger partial charge >= 0.3 is 0 Å². The number of pyridine rings is 1. The fourth-order valence-corrected chi connectivity index (χ4v) is 5.09. The Morgan fingerprint density at radius 1 is 1.26 bits per heavy atom. The van der Waals surface area contributed by atoms with Gasteiger partial charge in [0, 0.05) is 30.5 Å². The number of fused-ring (bicyclic) bond motifs is 7. The van der Waals surface area contributed by atoms with Crippen molar-refractivity contribution in [2.24, 2.45) is 0 Å². The molecule has 5 nitrogen and oxygen atoms in total. The molecule has 0 amide bonds. The number of nitrogens with zero attached hydrogens (tertiary/aromatic N) is 2. The van der Waals surface area contributed by atoms with E-state index >= 15 is 0 Å². The lowest BCUT2D eigenvalue weighted by atomic mass is 9.92. The number of carbonyl (C=O) groups is 1. The Hall–Kier alpha value is -2.55. The fourth-order valence-electron chi connectivity index (χ4n) is 4.88. The van der Waals surface area contributed by atoms with Crippen molar-refractivity contribution in [3.8, 4) is 23.1 Å². The van der Waals surface area contributed by atoms with Crippen molar-refractivity contribution >= 4 is 17.4 Å². The maximum atomic E-state index is 12.7. The zero-order valence-electron chi connectivity index (χ0n) is 18.2. The number of ether oxygens (including phenoxy) is 1. The molecule has 6 heteroatoms. The highest BCUT2D eigenvalue weighted by Gasteiger charge is 2.57. The van der Waals surface area contributed by atoms with Gasteiger partial charge in [0.1, 0.15) is 5.60 Å². The van der Waals surface area contributed by atoms with E-state index in [2.05, 4.69) is 22.9 Å².